The molecule has 0 aliphatic heterocycles. The Hall–Kier alpha value is -0.630. The Balaban J connectivity index is 2.72. The van der Waals surface area contributed by atoms with Crippen LogP contribution in [0, 0.1) is 5.92 Å². The SMILES string of the molecule is CC1CCC=C(CO)C1=O. The molecule has 0 fully saturated rings. The van der Waals surface area contributed by atoms with Crippen LogP contribution in [0.3, 0.4) is 0 Å². The Morgan fingerprint density at radius 1 is 1.80 bits per heavy atom. The van der Waals surface area contributed by atoms with Crippen LogP contribution in [0.15, 0.2) is 11.6 Å². The number of allylic oxidation sites excluding steroid dienone is 1. The lowest BCUT2D eigenvalue weighted by Crippen LogP contribution is -2.19. The molecule has 2 nitrogen and oxygen atoms in total. The molecule has 1 N–H and O–H groups in total. The highest BCUT2D eigenvalue weighted by Gasteiger charge is 2.19. The molecule has 1 aliphatic carbocycles. The number of rotatable bonds is 1. The quantitative estimate of drug-likeness (QED) is 0.587. The largest absolute Gasteiger partial charge is 0.392 e. The topological polar surface area (TPSA) is 37.3 Å². The molecule has 0 saturated carbocycles. The van der Waals surface area contributed by atoms with Gasteiger partial charge in [-0.3, -0.25) is 4.79 Å². The number of carbonyl (C=O) groups is 1. The predicted octanol–water partition coefficient (Wildman–Crippen LogP) is 0.904. The summed E-state index contributed by atoms with van der Waals surface area (Å²) in [7, 11) is 0. The van der Waals surface area contributed by atoms with Crippen molar-refractivity contribution in [2.75, 3.05) is 6.61 Å². The molecular weight excluding hydrogens is 128 g/mol. The third-order valence-electron chi connectivity index (χ3n) is 1.92. The molecule has 1 atom stereocenters. The minimum Gasteiger partial charge on any atom is -0.392 e. The number of hydrogen-bond donors (Lipinski definition) is 1. The van der Waals surface area contributed by atoms with Crippen LogP contribution in [0.1, 0.15) is 19.8 Å². The van der Waals surface area contributed by atoms with Gasteiger partial charge in [0.05, 0.1) is 6.61 Å². The van der Waals surface area contributed by atoms with Crippen LogP contribution in [-0.2, 0) is 4.79 Å². The first kappa shape index (κ1) is 7.48. The van der Waals surface area contributed by atoms with Crippen LogP contribution < -0.4 is 0 Å². The van der Waals surface area contributed by atoms with Gasteiger partial charge in [0.15, 0.2) is 5.78 Å². The van der Waals surface area contributed by atoms with E-state index in [1.165, 1.54) is 0 Å². The summed E-state index contributed by atoms with van der Waals surface area (Å²) < 4.78 is 0. The molecule has 1 aliphatic rings. The van der Waals surface area contributed by atoms with Crippen molar-refractivity contribution < 1.29 is 9.90 Å². The Morgan fingerprint density at radius 2 is 2.50 bits per heavy atom. The molecule has 0 heterocycles. The number of ketones is 1. The van der Waals surface area contributed by atoms with Crippen molar-refractivity contribution in [2.45, 2.75) is 19.8 Å². The first-order valence-corrected chi connectivity index (χ1v) is 3.60. The Morgan fingerprint density at radius 3 is 3.00 bits per heavy atom. The van der Waals surface area contributed by atoms with Gasteiger partial charge in [0.2, 0.25) is 0 Å². The maximum atomic E-state index is 11.1. The summed E-state index contributed by atoms with van der Waals surface area (Å²) in [6, 6.07) is 0. The van der Waals surface area contributed by atoms with Crippen molar-refractivity contribution in [1.82, 2.24) is 0 Å². The zero-order valence-corrected chi connectivity index (χ0v) is 6.13. The van der Waals surface area contributed by atoms with Gasteiger partial charge >= 0.3 is 0 Å². The average molecular weight is 140 g/mol. The van der Waals surface area contributed by atoms with E-state index >= 15 is 0 Å². The van der Waals surface area contributed by atoms with E-state index in [0.717, 1.165) is 12.8 Å². The van der Waals surface area contributed by atoms with E-state index in [4.69, 9.17) is 5.11 Å². The number of Topliss-reactive ketones (excluding diaryl/α,β-unsaturated/α-hetero) is 1. The van der Waals surface area contributed by atoms with Crippen LogP contribution in [0.2, 0.25) is 0 Å². The molecule has 0 aromatic rings. The lowest BCUT2D eigenvalue weighted by molar-refractivity contribution is -0.119. The number of aliphatic hydroxyl groups is 1. The molecule has 0 amide bonds. The number of aliphatic hydroxyl groups excluding tert-OH is 1. The van der Waals surface area contributed by atoms with Crippen molar-refractivity contribution in [3.8, 4) is 0 Å². The molecule has 2 heteroatoms. The molecule has 1 rings (SSSR count). The summed E-state index contributed by atoms with van der Waals surface area (Å²) in [5, 5.41) is 8.69. The second-order valence-corrected chi connectivity index (χ2v) is 2.73. The first-order chi connectivity index (χ1) is 4.75. The van der Waals surface area contributed by atoms with Crippen LogP contribution in [0.25, 0.3) is 0 Å². The first-order valence-electron chi connectivity index (χ1n) is 3.60. The third-order valence-corrected chi connectivity index (χ3v) is 1.92. The van der Waals surface area contributed by atoms with E-state index in [0.29, 0.717) is 5.57 Å². The molecular formula is C8H12O2. The Labute approximate surface area is 60.6 Å². The molecule has 0 radical (unpaired) electrons. The van der Waals surface area contributed by atoms with Crippen molar-refractivity contribution in [2.24, 2.45) is 5.92 Å². The lowest BCUT2D eigenvalue weighted by atomic mass is 9.89. The van der Waals surface area contributed by atoms with E-state index in [1.807, 2.05) is 13.0 Å². The maximum Gasteiger partial charge on any atom is 0.163 e. The zero-order chi connectivity index (χ0) is 7.56. The van der Waals surface area contributed by atoms with Gasteiger partial charge < -0.3 is 5.11 Å². The Bertz CT molecular complexity index is 170. The van der Waals surface area contributed by atoms with Crippen molar-refractivity contribution in [3.63, 3.8) is 0 Å². The van der Waals surface area contributed by atoms with Gasteiger partial charge in [-0.1, -0.05) is 13.0 Å². The fraction of sp³-hybridized carbons (Fsp3) is 0.625. The van der Waals surface area contributed by atoms with Gasteiger partial charge in [-0.05, 0) is 12.8 Å². The van der Waals surface area contributed by atoms with Crippen LogP contribution in [0.4, 0.5) is 0 Å². The third kappa shape index (κ3) is 1.27. The fourth-order valence-electron chi connectivity index (χ4n) is 1.20. The summed E-state index contributed by atoms with van der Waals surface area (Å²) in [5.41, 5.74) is 0.596. The van der Waals surface area contributed by atoms with Crippen LogP contribution >= 0.6 is 0 Å². The average Bonchev–Trinajstić information content (AvgIpc) is 1.95. The second kappa shape index (κ2) is 2.97. The van der Waals surface area contributed by atoms with Gasteiger partial charge in [0, 0.05) is 11.5 Å². The van der Waals surface area contributed by atoms with Gasteiger partial charge in [0.25, 0.3) is 0 Å². The van der Waals surface area contributed by atoms with E-state index in [2.05, 4.69) is 0 Å². The zero-order valence-electron chi connectivity index (χ0n) is 6.13. The second-order valence-electron chi connectivity index (χ2n) is 2.73. The molecule has 0 aromatic heterocycles. The smallest absolute Gasteiger partial charge is 0.163 e. The highest BCUT2D eigenvalue weighted by atomic mass is 16.3. The molecule has 10 heavy (non-hydrogen) atoms. The highest BCUT2D eigenvalue weighted by Crippen LogP contribution is 2.19. The maximum absolute atomic E-state index is 11.1. The molecule has 0 bridgehead atoms. The van der Waals surface area contributed by atoms with Crippen molar-refractivity contribution in [3.05, 3.63) is 11.6 Å². The minimum absolute atomic E-state index is 0.0941. The van der Waals surface area contributed by atoms with E-state index in [1.54, 1.807) is 0 Å². The number of carbonyl (C=O) groups excluding carboxylic acids is 1. The summed E-state index contributed by atoms with van der Waals surface area (Å²) >= 11 is 0. The normalized spacial score (nSPS) is 26.4. The van der Waals surface area contributed by atoms with Gasteiger partial charge in [0.1, 0.15) is 0 Å². The monoisotopic (exact) mass is 140 g/mol. The predicted molar refractivity (Wildman–Crippen MR) is 38.6 cm³/mol. The van der Waals surface area contributed by atoms with E-state index < -0.39 is 0 Å². The summed E-state index contributed by atoms with van der Waals surface area (Å²) in [4.78, 5) is 11.1. The van der Waals surface area contributed by atoms with Crippen molar-refractivity contribution >= 4 is 5.78 Å². The van der Waals surface area contributed by atoms with Gasteiger partial charge in [-0.25, -0.2) is 0 Å². The van der Waals surface area contributed by atoms with Crippen LogP contribution in [0.5, 0.6) is 0 Å². The van der Waals surface area contributed by atoms with Crippen LogP contribution in [-0.4, -0.2) is 17.5 Å². The standard InChI is InChI=1S/C8H12O2/c1-6-3-2-4-7(5-9)8(6)10/h4,6,9H,2-3,5H2,1H3. The summed E-state index contributed by atoms with van der Waals surface area (Å²) in [6.07, 6.45) is 3.70. The summed E-state index contributed by atoms with van der Waals surface area (Å²) in [6.45, 7) is 1.81. The Kier molecular flexibility index (Phi) is 2.22. The molecule has 0 spiro atoms. The van der Waals surface area contributed by atoms with E-state index in [-0.39, 0.29) is 18.3 Å². The van der Waals surface area contributed by atoms with E-state index in [9.17, 15) is 4.79 Å². The van der Waals surface area contributed by atoms with Crippen molar-refractivity contribution in [1.29, 1.82) is 0 Å². The molecule has 1 unspecified atom stereocenters. The molecule has 0 saturated heterocycles. The fourth-order valence-corrected chi connectivity index (χ4v) is 1.20. The molecule has 56 valence electrons. The van der Waals surface area contributed by atoms with Gasteiger partial charge in [-0.2, -0.15) is 0 Å². The summed E-state index contributed by atoms with van der Waals surface area (Å²) in [5.74, 6) is 0.237. The minimum atomic E-state index is -0.0941. The van der Waals surface area contributed by atoms with Gasteiger partial charge in [-0.15, -0.1) is 0 Å². The lowest BCUT2D eigenvalue weighted by Gasteiger charge is -2.15. The molecule has 0 aromatic carbocycles. The number of hydrogen-bond acceptors (Lipinski definition) is 2. The highest BCUT2D eigenvalue weighted by molar-refractivity contribution is 5.97.